The Morgan fingerprint density at radius 2 is 2.25 bits per heavy atom. The Labute approximate surface area is 100.0 Å². The quantitative estimate of drug-likeness (QED) is 0.890. The van der Waals surface area contributed by atoms with Crippen LogP contribution in [0, 0.1) is 0 Å². The number of hydrogen-bond donors (Lipinski definition) is 2. The molecule has 2 N–H and O–H groups in total. The van der Waals surface area contributed by atoms with Crippen LogP contribution in [0.15, 0.2) is 27.5 Å². The van der Waals surface area contributed by atoms with Gasteiger partial charge in [0.05, 0.1) is 12.1 Å². The first-order valence-corrected chi connectivity index (χ1v) is 5.60. The number of ether oxygens (including phenoxy) is 1. The molecule has 0 bridgehead atoms. The molecule has 0 aliphatic rings. The van der Waals surface area contributed by atoms with E-state index in [1.54, 1.807) is 25.1 Å². The van der Waals surface area contributed by atoms with Gasteiger partial charge in [-0.05, 0) is 25.1 Å². The van der Waals surface area contributed by atoms with Crippen LogP contribution in [0.25, 0.3) is 10.9 Å². The molecule has 0 saturated heterocycles. The highest BCUT2D eigenvalue weighted by molar-refractivity contribution is 9.10. The van der Waals surface area contributed by atoms with Crippen LogP contribution in [0.5, 0.6) is 11.5 Å². The maximum absolute atomic E-state index is 11.6. The fourth-order valence-corrected chi connectivity index (χ4v) is 1.87. The van der Waals surface area contributed by atoms with E-state index >= 15 is 0 Å². The van der Waals surface area contributed by atoms with Crippen LogP contribution in [0.2, 0.25) is 0 Å². The van der Waals surface area contributed by atoms with Crippen LogP contribution in [0.3, 0.4) is 0 Å². The zero-order valence-corrected chi connectivity index (χ0v) is 10.2. The van der Waals surface area contributed by atoms with E-state index in [4.69, 9.17) is 4.74 Å². The number of H-pyrrole nitrogens is 1. The molecule has 0 saturated carbocycles. The smallest absolute Gasteiger partial charge is 0.294 e. The van der Waals surface area contributed by atoms with Gasteiger partial charge in [-0.25, -0.2) is 0 Å². The normalized spacial score (nSPS) is 10.6. The van der Waals surface area contributed by atoms with Gasteiger partial charge < -0.3 is 14.8 Å². The van der Waals surface area contributed by atoms with Crippen LogP contribution in [0.4, 0.5) is 0 Å². The lowest BCUT2D eigenvalue weighted by atomic mass is 10.2. The fraction of sp³-hybridized carbons (Fsp3) is 0.182. The minimum Gasteiger partial charge on any atom is -0.504 e. The Morgan fingerprint density at radius 1 is 1.50 bits per heavy atom. The van der Waals surface area contributed by atoms with Gasteiger partial charge in [-0.3, -0.25) is 4.79 Å². The van der Waals surface area contributed by atoms with Crippen molar-refractivity contribution in [3.05, 3.63) is 33.0 Å². The molecule has 0 atom stereocenters. The SMILES string of the molecule is CCOc1c(O)c2cc(Br)ccc2[nH]c1=O. The molecule has 16 heavy (non-hydrogen) atoms. The molecule has 0 aliphatic carbocycles. The van der Waals surface area contributed by atoms with Gasteiger partial charge in [-0.15, -0.1) is 0 Å². The Hall–Kier alpha value is -1.49. The summed E-state index contributed by atoms with van der Waals surface area (Å²) in [5.41, 5.74) is 0.156. The molecule has 0 fully saturated rings. The summed E-state index contributed by atoms with van der Waals surface area (Å²) in [6.45, 7) is 2.08. The second-order valence-electron chi connectivity index (χ2n) is 3.25. The number of nitrogens with one attached hydrogen (secondary N) is 1. The molecule has 5 heteroatoms. The molecule has 1 aromatic carbocycles. The zero-order valence-electron chi connectivity index (χ0n) is 8.58. The third-order valence-corrected chi connectivity index (χ3v) is 2.69. The van der Waals surface area contributed by atoms with Crippen molar-refractivity contribution in [2.75, 3.05) is 6.61 Å². The average Bonchev–Trinajstić information content (AvgIpc) is 2.26. The molecule has 0 aliphatic heterocycles. The van der Waals surface area contributed by atoms with Crippen LogP contribution in [-0.2, 0) is 0 Å². The highest BCUT2D eigenvalue weighted by Gasteiger charge is 2.12. The van der Waals surface area contributed by atoms with Gasteiger partial charge >= 0.3 is 0 Å². The summed E-state index contributed by atoms with van der Waals surface area (Å²) >= 11 is 3.30. The number of pyridine rings is 1. The van der Waals surface area contributed by atoms with E-state index in [1.807, 2.05) is 0 Å². The average molecular weight is 284 g/mol. The van der Waals surface area contributed by atoms with Crippen molar-refractivity contribution in [2.24, 2.45) is 0 Å². The Bertz CT molecular complexity index is 592. The van der Waals surface area contributed by atoms with Crippen LogP contribution in [-0.4, -0.2) is 16.7 Å². The summed E-state index contributed by atoms with van der Waals surface area (Å²) < 4.78 is 5.93. The lowest BCUT2D eigenvalue weighted by molar-refractivity contribution is 0.315. The molecule has 2 aromatic rings. The summed E-state index contributed by atoms with van der Waals surface area (Å²) in [6.07, 6.45) is 0. The van der Waals surface area contributed by atoms with E-state index < -0.39 is 5.56 Å². The topological polar surface area (TPSA) is 62.3 Å². The van der Waals surface area contributed by atoms with Crippen LogP contribution < -0.4 is 10.3 Å². The fourth-order valence-electron chi connectivity index (χ4n) is 1.51. The van der Waals surface area contributed by atoms with Gasteiger partial charge in [-0.2, -0.15) is 0 Å². The highest BCUT2D eigenvalue weighted by Crippen LogP contribution is 2.31. The molecule has 0 unspecified atom stereocenters. The number of aromatic amines is 1. The van der Waals surface area contributed by atoms with Gasteiger partial charge in [0, 0.05) is 9.86 Å². The first kappa shape index (κ1) is 11.0. The molecule has 4 nitrogen and oxygen atoms in total. The van der Waals surface area contributed by atoms with Crippen molar-refractivity contribution < 1.29 is 9.84 Å². The van der Waals surface area contributed by atoms with E-state index in [-0.39, 0.29) is 11.5 Å². The maximum atomic E-state index is 11.6. The molecular weight excluding hydrogens is 274 g/mol. The Kier molecular flexibility index (Phi) is 2.87. The molecule has 0 spiro atoms. The van der Waals surface area contributed by atoms with Gasteiger partial charge in [0.1, 0.15) is 0 Å². The standard InChI is InChI=1S/C11H10BrNO3/c1-2-16-10-9(14)7-5-6(12)3-4-8(7)13-11(10)15/h3-5H,2H2,1H3,(H2,13,14,15). The maximum Gasteiger partial charge on any atom is 0.294 e. The van der Waals surface area contributed by atoms with E-state index in [1.165, 1.54) is 0 Å². The van der Waals surface area contributed by atoms with E-state index in [2.05, 4.69) is 20.9 Å². The number of benzene rings is 1. The van der Waals surface area contributed by atoms with Crippen molar-refractivity contribution in [1.82, 2.24) is 4.98 Å². The predicted molar refractivity (Wildman–Crippen MR) is 65.1 cm³/mol. The number of rotatable bonds is 2. The lowest BCUT2D eigenvalue weighted by Crippen LogP contribution is -2.11. The number of aromatic hydroxyl groups is 1. The number of fused-ring (bicyclic) bond motifs is 1. The summed E-state index contributed by atoms with van der Waals surface area (Å²) in [5.74, 6) is -0.157. The van der Waals surface area contributed by atoms with Crippen LogP contribution in [0.1, 0.15) is 6.92 Å². The molecular formula is C11H10BrNO3. The largest absolute Gasteiger partial charge is 0.504 e. The second-order valence-corrected chi connectivity index (χ2v) is 4.17. The van der Waals surface area contributed by atoms with Gasteiger partial charge in [0.2, 0.25) is 5.75 Å². The predicted octanol–water partition coefficient (Wildman–Crippen LogP) is 2.39. The lowest BCUT2D eigenvalue weighted by Gasteiger charge is -2.07. The van der Waals surface area contributed by atoms with Crippen molar-refractivity contribution >= 4 is 26.8 Å². The minimum atomic E-state index is -0.422. The first-order valence-electron chi connectivity index (χ1n) is 4.80. The summed E-state index contributed by atoms with van der Waals surface area (Å²) in [7, 11) is 0. The van der Waals surface area contributed by atoms with Crippen molar-refractivity contribution in [3.8, 4) is 11.5 Å². The molecule has 2 rings (SSSR count). The number of halogens is 1. The molecule has 0 radical (unpaired) electrons. The monoisotopic (exact) mass is 283 g/mol. The minimum absolute atomic E-state index is 0.0342. The van der Waals surface area contributed by atoms with Gasteiger partial charge in [-0.1, -0.05) is 15.9 Å². The van der Waals surface area contributed by atoms with Crippen molar-refractivity contribution in [1.29, 1.82) is 0 Å². The van der Waals surface area contributed by atoms with E-state index in [9.17, 15) is 9.90 Å². The van der Waals surface area contributed by atoms with E-state index in [0.717, 1.165) is 4.47 Å². The first-order chi connectivity index (χ1) is 7.63. The Morgan fingerprint density at radius 3 is 2.94 bits per heavy atom. The van der Waals surface area contributed by atoms with Crippen LogP contribution >= 0.6 is 15.9 Å². The Balaban J connectivity index is 2.79. The third kappa shape index (κ3) is 1.78. The van der Waals surface area contributed by atoms with Gasteiger partial charge in [0.15, 0.2) is 5.75 Å². The summed E-state index contributed by atoms with van der Waals surface area (Å²) in [5, 5.41) is 10.5. The highest BCUT2D eigenvalue weighted by atomic mass is 79.9. The molecule has 1 heterocycles. The second kappa shape index (κ2) is 4.17. The van der Waals surface area contributed by atoms with E-state index in [0.29, 0.717) is 17.5 Å². The molecule has 1 aromatic heterocycles. The number of aromatic nitrogens is 1. The number of hydrogen-bond acceptors (Lipinski definition) is 3. The molecule has 84 valence electrons. The third-order valence-electron chi connectivity index (χ3n) is 2.19. The summed E-state index contributed by atoms with van der Waals surface area (Å²) in [6, 6.07) is 5.23. The summed E-state index contributed by atoms with van der Waals surface area (Å²) in [4.78, 5) is 14.2. The van der Waals surface area contributed by atoms with Crippen molar-refractivity contribution in [3.63, 3.8) is 0 Å². The van der Waals surface area contributed by atoms with Gasteiger partial charge in [0.25, 0.3) is 5.56 Å². The zero-order chi connectivity index (χ0) is 11.7. The molecule has 0 amide bonds. The van der Waals surface area contributed by atoms with Crippen molar-refractivity contribution in [2.45, 2.75) is 6.92 Å².